The number of carbonyl (C=O) groups is 2. The Bertz CT molecular complexity index is 1260. The van der Waals surface area contributed by atoms with E-state index in [0.29, 0.717) is 43.9 Å². The van der Waals surface area contributed by atoms with Gasteiger partial charge in [0.2, 0.25) is 0 Å². The molecule has 9 heteroatoms. The molecule has 4 rings (SSSR count). The molecule has 3 aromatic carbocycles. The van der Waals surface area contributed by atoms with Crippen molar-refractivity contribution in [2.75, 3.05) is 19.1 Å². The second kappa shape index (κ2) is 10.6. The van der Waals surface area contributed by atoms with Gasteiger partial charge in [0, 0.05) is 32.8 Å². The van der Waals surface area contributed by atoms with Crippen LogP contribution in [0.4, 0.5) is 5.69 Å². The molecule has 0 radical (unpaired) electrons. The summed E-state index contributed by atoms with van der Waals surface area (Å²) in [5, 5.41) is 10.4. The maximum absolute atomic E-state index is 13.7. The van der Waals surface area contributed by atoms with Gasteiger partial charge in [-0.3, -0.25) is 9.59 Å². The van der Waals surface area contributed by atoms with Crippen LogP contribution in [0.15, 0.2) is 60.7 Å². The predicted octanol–water partition coefficient (Wildman–Crippen LogP) is 5.51. The summed E-state index contributed by atoms with van der Waals surface area (Å²) in [6.07, 6.45) is -2.59. The second-order valence-corrected chi connectivity index (χ2v) is 8.77. The van der Waals surface area contributed by atoms with Crippen molar-refractivity contribution >= 4 is 40.8 Å². The summed E-state index contributed by atoms with van der Waals surface area (Å²) in [4.78, 5) is 26.9. The van der Waals surface area contributed by atoms with Crippen LogP contribution in [-0.2, 0) is 20.9 Å². The van der Waals surface area contributed by atoms with Crippen molar-refractivity contribution in [3.8, 4) is 11.5 Å². The Morgan fingerprint density at radius 3 is 2.49 bits per heavy atom. The summed E-state index contributed by atoms with van der Waals surface area (Å²) < 4.78 is 17.0. The van der Waals surface area contributed by atoms with Crippen molar-refractivity contribution in [3.05, 3.63) is 87.4 Å². The zero-order valence-corrected chi connectivity index (χ0v) is 20.5. The predicted molar refractivity (Wildman–Crippen MR) is 133 cm³/mol. The highest BCUT2D eigenvalue weighted by molar-refractivity contribution is 6.31. The number of aliphatic carboxylic acids is 1. The topological polar surface area (TPSA) is 85.3 Å². The normalized spacial score (nSPS) is 17.5. The molecule has 1 aliphatic heterocycles. The fraction of sp³-hybridized carbons (Fsp3) is 0.231. The molecule has 1 aliphatic rings. The molecule has 35 heavy (non-hydrogen) atoms. The number of benzene rings is 3. The number of halogens is 2. The highest BCUT2D eigenvalue weighted by Crippen LogP contribution is 2.42. The molecule has 1 N–H and O–H groups in total. The van der Waals surface area contributed by atoms with Gasteiger partial charge >= 0.3 is 5.97 Å². The highest BCUT2D eigenvalue weighted by atomic mass is 35.5. The molecule has 7 nitrogen and oxygen atoms in total. The molecule has 0 aliphatic carbocycles. The van der Waals surface area contributed by atoms with Gasteiger partial charge in [0.15, 0.2) is 0 Å². The number of amides is 1. The Morgan fingerprint density at radius 2 is 1.80 bits per heavy atom. The third kappa shape index (κ3) is 5.22. The number of carboxylic acids is 1. The number of carbonyl (C=O) groups excluding carboxylic acids is 1. The van der Waals surface area contributed by atoms with E-state index in [1.165, 1.54) is 12.0 Å². The van der Waals surface area contributed by atoms with Crippen LogP contribution in [-0.4, -0.2) is 37.3 Å². The number of rotatable bonds is 7. The minimum Gasteiger partial charge on any atom is -0.497 e. The second-order valence-electron chi connectivity index (χ2n) is 7.93. The number of fused-ring (bicyclic) bond motifs is 1. The SMILES string of the molecule is COc1ccc(CN2C(=O)[C@@H](CC(=O)O)O[C@H](c3ccccc3Cl)c3cc(Cl)ccc32)c(OC)c1. The number of hydrogen-bond donors (Lipinski definition) is 1. The van der Waals surface area contributed by atoms with Gasteiger partial charge < -0.3 is 24.2 Å². The Hall–Kier alpha value is -3.26. The lowest BCUT2D eigenvalue weighted by Crippen LogP contribution is -2.40. The summed E-state index contributed by atoms with van der Waals surface area (Å²) in [6, 6.07) is 17.5. The Labute approximate surface area is 212 Å². The Balaban J connectivity index is 1.88. The third-order valence-corrected chi connectivity index (χ3v) is 6.35. The zero-order chi connectivity index (χ0) is 25.1. The van der Waals surface area contributed by atoms with Crippen LogP contribution in [0.2, 0.25) is 10.0 Å². The van der Waals surface area contributed by atoms with Gasteiger partial charge in [-0.15, -0.1) is 0 Å². The quantitative estimate of drug-likeness (QED) is 0.446. The monoisotopic (exact) mass is 515 g/mol. The largest absolute Gasteiger partial charge is 0.497 e. The third-order valence-electron chi connectivity index (χ3n) is 5.78. The number of ether oxygens (including phenoxy) is 3. The van der Waals surface area contributed by atoms with Crippen LogP contribution in [0.3, 0.4) is 0 Å². The van der Waals surface area contributed by atoms with Gasteiger partial charge in [-0.1, -0.05) is 41.4 Å². The molecule has 0 saturated carbocycles. The van der Waals surface area contributed by atoms with Crippen LogP contribution in [0, 0.1) is 0 Å². The van der Waals surface area contributed by atoms with Gasteiger partial charge in [-0.05, 0) is 36.4 Å². The van der Waals surface area contributed by atoms with Crippen LogP contribution >= 0.6 is 23.2 Å². The zero-order valence-electron chi connectivity index (χ0n) is 19.0. The van der Waals surface area contributed by atoms with E-state index >= 15 is 0 Å². The van der Waals surface area contributed by atoms with Gasteiger partial charge in [0.05, 0.1) is 32.9 Å². The standard InChI is InChI=1S/C26H23Cl2NO6/c1-33-17-9-7-15(22(12-17)34-2)14-29-21-10-8-16(27)11-19(21)25(18-5-3-4-6-20(18)28)35-23(26(29)32)13-24(30)31/h3-12,23,25H,13-14H2,1-2H3,(H,30,31)/t23-,25-/m1/s1. The minimum absolute atomic E-state index is 0.107. The van der Waals surface area contributed by atoms with Crippen LogP contribution in [0.25, 0.3) is 0 Å². The van der Waals surface area contributed by atoms with Crippen LogP contribution in [0.5, 0.6) is 11.5 Å². The maximum Gasteiger partial charge on any atom is 0.306 e. The highest BCUT2D eigenvalue weighted by Gasteiger charge is 2.38. The Morgan fingerprint density at radius 1 is 1.03 bits per heavy atom. The summed E-state index contributed by atoms with van der Waals surface area (Å²) in [6.45, 7) is 0.107. The summed E-state index contributed by atoms with van der Waals surface area (Å²) in [5.41, 5.74) is 2.44. The molecule has 182 valence electrons. The number of nitrogens with zero attached hydrogens (tertiary/aromatic N) is 1. The number of hydrogen-bond acceptors (Lipinski definition) is 5. The van der Waals surface area contributed by atoms with Gasteiger partial charge in [0.1, 0.15) is 23.7 Å². The summed E-state index contributed by atoms with van der Waals surface area (Å²) >= 11 is 12.8. The molecule has 0 fully saturated rings. The maximum atomic E-state index is 13.7. The summed E-state index contributed by atoms with van der Waals surface area (Å²) in [7, 11) is 3.08. The van der Waals surface area contributed by atoms with Crippen LogP contribution < -0.4 is 14.4 Å². The number of anilines is 1. The smallest absolute Gasteiger partial charge is 0.306 e. The molecular weight excluding hydrogens is 493 g/mol. The van der Waals surface area contributed by atoms with Crippen molar-refractivity contribution in [2.45, 2.75) is 25.2 Å². The van der Waals surface area contributed by atoms with Crippen molar-refractivity contribution < 1.29 is 28.9 Å². The molecule has 3 aromatic rings. The van der Waals surface area contributed by atoms with E-state index in [9.17, 15) is 14.7 Å². The minimum atomic E-state index is -1.26. The molecule has 1 heterocycles. The first-order chi connectivity index (χ1) is 16.8. The first kappa shape index (κ1) is 24.9. The van der Waals surface area contributed by atoms with Gasteiger partial charge in [0.25, 0.3) is 5.91 Å². The van der Waals surface area contributed by atoms with E-state index in [1.807, 2.05) is 0 Å². The van der Waals surface area contributed by atoms with E-state index in [2.05, 4.69) is 0 Å². The first-order valence-electron chi connectivity index (χ1n) is 10.8. The molecule has 2 atom stereocenters. The molecule has 0 bridgehead atoms. The first-order valence-corrected chi connectivity index (χ1v) is 11.5. The average molecular weight is 516 g/mol. The lowest BCUT2D eigenvalue weighted by molar-refractivity contribution is -0.146. The number of methoxy groups -OCH3 is 2. The van der Waals surface area contributed by atoms with E-state index in [4.69, 9.17) is 37.4 Å². The van der Waals surface area contributed by atoms with Crippen molar-refractivity contribution in [3.63, 3.8) is 0 Å². The fourth-order valence-corrected chi connectivity index (χ4v) is 4.52. The van der Waals surface area contributed by atoms with E-state index in [-0.39, 0.29) is 6.54 Å². The molecule has 0 saturated heterocycles. The molecule has 0 aromatic heterocycles. The Kier molecular flexibility index (Phi) is 7.50. The van der Waals surface area contributed by atoms with Crippen molar-refractivity contribution in [2.24, 2.45) is 0 Å². The van der Waals surface area contributed by atoms with Gasteiger partial charge in [-0.25, -0.2) is 0 Å². The average Bonchev–Trinajstić information content (AvgIpc) is 2.94. The lowest BCUT2D eigenvalue weighted by atomic mass is 9.99. The molecule has 0 unspecified atom stereocenters. The van der Waals surface area contributed by atoms with E-state index in [0.717, 1.165) is 0 Å². The van der Waals surface area contributed by atoms with Crippen LogP contribution in [0.1, 0.15) is 29.2 Å². The molecular formula is C26H23Cl2NO6. The van der Waals surface area contributed by atoms with E-state index in [1.54, 1.807) is 67.8 Å². The van der Waals surface area contributed by atoms with Crippen molar-refractivity contribution in [1.82, 2.24) is 0 Å². The number of carboxylic acid groups (broad SMARTS) is 1. The fourth-order valence-electron chi connectivity index (χ4n) is 4.11. The molecule has 1 amide bonds. The van der Waals surface area contributed by atoms with E-state index < -0.39 is 30.5 Å². The van der Waals surface area contributed by atoms with Crippen molar-refractivity contribution in [1.29, 1.82) is 0 Å². The lowest BCUT2D eigenvalue weighted by Gasteiger charge is -2.26. The molecule has 0 spiro atoms. The summed E-state index contributed by atoms with van der Waals surface area (Å²) in [5.74, 6) is -0.531. The van der Waals surface area contributed by atoms with Gasteiger partial charge in [-0.2, -0.15) is 0 Å².